The van der Waals surface area contributed by atoms with E-state index in [4.69, 9.17) is 4.74 Å². The van der Waals surface area contributed by atoms with Crippen LogP contribution in [0.15, 0.2) is 46.9 Å². The normalized spacial score (nSPS) is 26.9. The van der Waals surface area contributed by atoms with E-state index in [1.54, 1.807) is 42.5 Å². The number of carbonyl (C=O) groups excluding carboxylic acids is 2. The fourth-order valence-corrected chi connectivity index (χ4v) is 5.15. The van der Waals surface area contributed by atoms with Crippen molar-refractivity contribution in [2.75, 3.05) is 16.8 Å². The van der Waals surface area contributed by atoms with Crippen LogP contribution in [0.4, 0.5) is 16.2 Å². The Labute approximate surface area is 202 Å². The van der Waals surface area contributed by atoms with Gasteiger partial charge in [-0.25, -0.2) is 4.79 Å². The number of fused-ring (bicyclic) bond motifs is 1. The molecule has 1 heterocycles. The van der Waals surface area contributed by atoms with E-state index in [2.05, 4.69) is 40.4 Å². The van der Waals surface area contributed by atoms with Crippen molar-refractivity contribution in [1.29, 1.82) is 0 Å². The zero-order valence-corrected chi connectivity index (χ0v) is 20.7. The molecule has 3 N–H and O–H groups in total. The Morgan fingerprint density at radius 3 is 2.67 bits per heavy atom. The molecule has 2 aromatic rings. The van der Waals surface area contributed by atoms with Crippen molar-refractivity contribution in [3.05, 3.63) is 52.5 Å². The molecule has 1 aliphatic heterocycles. The third-order valence-electron chi connectivity index (χ3n) is 6.87. The maximum Gasteiger partial charge on any atom is 0.329 e. The molecule has 7 nitrogen and oxygen atoms in total. The molecule has 4 rings (SSSR count). The molecule has 0 radical (unpaired) electrons. The lowest BCUT2D eigenvalue weighted by Gasteiger charge is -2.44. The number of aliphatic hydroxyl groups is 1. The number of hydrogen-bond acceptors (Lipinski definition) is 4. The van der Waals surface area contributed by atoms with Gasteiger partial charge in [0.15, 0.2) is 0 Å². The Morgan fingerprint density at radius 2 is 1.97 bits per heavy atom. The second-order valence-electron chi connectivity index (χ2n) is 8.90. The summed E-state index contributed by atoms with van der Waals surface area (Å²) in [5.41, 5.74) is -1.15. The van der Waals surface area contributed by atoms with Gasteiger partial charge in [-0.2, -0.15) is 0 Å². The third kappa shape index (κ3) is 4.34. The van der Waals surface area contributed by atoms with Crippen molar-refractivity contribution in [2.45, 2.75) is 51.8 Å². The highest BCUT2D eigenvalue weighted by molar-refractivity contribution is 9.10. The van der Waals surface area contributed by atoms with Crippen molar-refractivity contribution in [3.8, 4) is 5.75 Å². The maximum atomic E-state index is 13.8. The number of anilines is 2. The number of halogens is 1. The number of amides is 3. The van der Waals surface area contributed by atoms with Crippen molar-refractivity contribution >= 4 is 39.2 Å². The molecule has 4 atom stereocenters. The van der Waals surface area contributed by atoms with E-state index in [0.717, 1.165) is 24.2 Å². The first kappa shape index (κ1) is 23.6. The summed E-state index contributed by atoms with van der Waals surface area (Å²) < 4.78 is 6.19. The molecule has 33 heavy (non-hydrogen) atoms. The van der Waals surface area contributed by atoms with Crippen LogP contribution in [-0.4, -0.2) is 29.7 Å². The molecule has 1 aliphatic carbocycles. The summed E-state index contributed by atoms with van der Waals surface area (Å²) in [5, 5.41) is 17.9. The second kappa shape index (κ2) is 9.35. The molecule has 2 aliphatic rings. The molecule has 2 aromatic carbocycles. The van der Waals surface area contributed by atoms with E-state index in [9.17, 15) is 14.7 Å². The van der Waals surface area contributed by atoms with Gasteiger partial charge in [0.25, 0.3) is 11.6 Å². The predicted molar refractivity (Wildman–Crippen MR) is 131 cm³/mol. The number of nitrogens with zero attached hydrogens (tertiary/aromatic N) is 1. The van der Waals surface area contributed by atoms with Gasteiger partial charge in [-0.05, 0) is 67.6 Å². The Balaban J connectivity index is 1.77. The van der Waals surface area contributed by atoms with Crippen LogP contribution in [0, 0.1) is 11.8 Å². The second-order valence-corrected chi connectivity index (χ2v) is 9.82. The zero-order valence-electron chi connectivity index (χ0n) is 19.1. The Kier molecular flexibility index (Phi) is 6.68. The molecule has 1 fully saturated rings. The van der Waals surface area contributed by atoms with Gasteiger partial charge in [0, 0.05) is 21.8 Å². The molecular weight excluding hydrogens is 486 g/mol. The Bertz CT molecular complexity index is 1040. The van der Waals surface area contributed by atoms with E-state index < -0.39 is 17.7 Å². The average Bonchev–Trinajstić information content (AvgIpc) is 2.79. The summed E-state index contributed by atoms with van der Waals surface area (Å²) in [7, 11) is 0. The molecule has 4 unspecified atom stereocenters. The minimum atomic E-state index is -2.23. The standard InChI is InChI=1S/C25H30BrN3O4/c1-4-33-19-11-9-18(10-12-19)29-24(31)28-22-13-8-17(26)14-20(22)25(29,32)23(30)27-21-7-5-6-15(2)16(21)3/h8-16,21,32H,4-7H2,1-3H3,(H,27,30)(H,28,31). The lowest BCUT2D eigenvalue weighted by atomic mass is 9.78. The molecule has 1 saturated carbocycles. The van der Waals surface area contributed by atoms with Gasteiger partial charge < -0.3 is 20.5 Å². The third-order valence-corrected chi connectivity index (χ3v) is 7.36. The number of urea groups is 1. The van der Waals surface area contributed by atoms with E-state index in [0.29, 0.717) is 39.7 Å². The maximum absolute atomic E-state index is 13.8. The van der Waals surface area contributed by atoms with Gasteiger partial charge in [0.05, 0.1) is 12.3 Å². The minimum Gasteiger partial charge on any atom is -0.494 e. The number of rotatable bonds is 5. The topological polar surface area (TPSA) is 90.9 Å². The van der Waals surface area contributed by atoms with E-state index in [1.165, 1.54) is 0 Å². The van der Waals surface area contributed by atoms with Gasteiger partial charge in [-0.3, -0.25) is 9.69 Å². The number of carbonyl (C=O) groups is 2. The molecule has 0 bridgehead atoms. The average molecular weight is 516 g/mol. The SMILES string of the molecule is CCOc1ccc(N2C(=O)Nc3ccc(Br)cc3C2(O)C(=O)NC2CCCC(C)C2C)cc1. The minimum absolute atomic E-state index is 0.0759. The van der Waals surface area contributed by atoms with E-state index >= 15 is 0 Å². The van der Waals surface area contributed by atoms with E-state index in [-0.39, 0.29) is 12.0 Å². The summed E-state index contributed by atoms with van der Waals surface area (Å²) in [6.07, 6.45) is 2.97. The molecule has 8 heteroatoms. The molecular formula is C25H30BrN3O4. The van der Waals surface area contributed by atoms with Crippen LogP contribution in [0.5, 0.6) is 5.75 Å². The van der Waals surface area contributed by atoms with Crippen molar-refractivity contribution in [2.24, 2.45) is 11.8 Å². The summed E-state index contributed by atoms with van der Waals surface area (Å²) in [6.45, 7) is 6.71. The number of nitrogens with one attached hydrogen (secondary N) is 2. The molecule has 0 saturated heterocycles. The Hall–Kier alpha value is -2.58. The first-order valence-corrected chi connectivity index (χ1v) is 12.2. The van der Waals surface area contributed by atoms with Gasteiger partial charge in [0.2, 0.25) is 0 Å². The van der Waals surface area contributed by atoms with Crippen LogP contribution in [0.2, 0.25) is 0 Å². The van der Waals surface area contributed by atoms with Gasteiger partial charge in [-0.1, -0.05) is 42.6 Å². The highest BCUT2D eigenvalue weighted by atomic mass is 79.9. The van der Waals surface area contributed by atoms with Crippen LogP contribution in [0.1, 0.15) is 45.6 Å². The molecule has 0 aromatic heterocycles. The number of hydrogen-bond donors (Lipinski definition) is 3. The zero-order chi connectivity index (χ0) is 23.8. The number of benzene rings is 2. The van der Waals surface area contributed by atoms with Crippen LogP contribution in [-0.2, 0) is 10.5 Å². The molecule has 176 valence electrons. The lowest BCUT2D eigenvalue weighted by Crippen LogP contribution is -2.64. The Morgan fingerprint density at radius 1 is 1.24 bits per heavy atom. The molecule has 0 spiro atoms. The summed E-state index contributed by atoms with van der Waals surface area (Å²) in [6, 6.07) is 11.2. The smallest absolute Gasteiger partial charge is 0.329 e. The van der Waals surface area contributed by atoms with Crippen LogP contribution in [0.3, 0.4) is 0 Å². The highest BCUT2D eigenvalue weighted by Gasteiger charge is 2.53. The monoisotopic (exact) mass is 515 g/mol. The van der Waals surface area contributed by atoms with Crippen molar-refractivity contribution in [1.82, 2.24) is 5.32 Å². The largest absolute Gasteiger partial charge is 0.494 e. The highest BCUT2D eigenvalue weighted by Crippen LogP contribution is 2.42. The first-order valence-electron chi connectivity index (χ1n) is 11.4. The fourth-order valence-electron chi connectivity index (χ4n) is 4.79. The summed E-state index contributed by atoms with van der Waals surface area (Å²) >= 11 is 3.43. The van der Waals surface area contributed by atoms with Gasteiger partial charge >= 0.3 is 6.03 Å². The van der Waals surface area contributed by atoms with Gasteiger partial charge in [-0.15, -0.1) is 0 Å². The van der Waals surface area contributed by atoms with Crippen LogP contribution < -0.4 is 20.3 Å². The van der Waals surface area contributed by atoms with Crippen LogP contribution in [0.25, 0.3) is 0 Å². The van der Waals surface area contributed by atoms with Crippen LogP contribution >= 0.6 is 15.9 Å². The summed E-state index contributed by atoms with van der Waals surface area (Å²) in [5.74, 6) is 0.762. The predicted octanol–water partition coefficient (Wildman–Crippen LogP) is 4.99. The fraction of sp³-hybridized carbons (Fsp3) is 0.440. The van der Waals surface area contributed by atoms with Crippen molar-refractivity contribution < 1.29 is 19.4 Å². The summed E-state index contributed by atoms with van der Waals surface area (Å²) in [4.78, 5) is 28.1. The van der Waals surface area contributed by atoms with Gasteiger partial charge in [0.1, 0.15) is 5.75 Å². The first-order chi connectivity index (χ1) is 15.8. The quantitative estimate of drug-likeness (QED) is 0.523. The lowest BCUT2D eigenvalue weighted by molar-refractivity contribution is -0.141. The molecule has 3 amide bonds. The van der Waals surface area contributed by atoms with E-state index in [1.807, 2.05) is 6.92 Å². The van der Waals surface area contributed by atoms with Crippen molar-refractivity contribution in [3.63, 3.8) is 0 Å². The number of ether oxygens (including phenoxy) is 1.